The molecule has 0 saturated heterocycles. The van der Waals surface area contributed by atoms with Crippen LogP contribution in [0, 0.1) is 0 Å². The smallest absolute Gasteiger partial charge is 0.338 e. The molecule has 0 radical (unpaired) electrons. The Bertz CT molecular complexity index is 650. The lowest BCUT2D eigenvalue weighted by Gasteiger charge is -2.07. The molecule has 0 bridgehead atoms. The van der Waals surface area contributed by atoms with E-state index >= 15 is 0 Å². The Morgan fingerprint density at radius 3 is 2.81 bits per heavy atom. The van der Waals surface area contributed by atoms with Gasteiger partial charge in [-0.15, -0.1) is 0 Å². The van der Waals surface area contributed by atoms with Gasteiger partial charge in [-0.3, -0.25) is 4.79 Å². The Morgan fingerprint density at radius 2 is 2.14 bits per heavy atom. The molecule has 0 spiro atoms. The van der Waals surface area contributed by atoms with Gasteiger partial charge < -0.3 is 25.3 Å². The lowest BCUT2D eigenvalue weighted by Crippen LogP contribution is -2.20. The average molecular weight is 290 g/mol. The van der Waals surface area contributed by atoms with Gasteiger partial charge in [-0.25, -0.2) is 4.79 Å². The molecule has 2 rings (SSSR count). The Kier molecular flexibility index (Phi) is 4.45. The van der Waals surface area contributed by atoms with Crippen molar-refractivity contribution in [1.29, 1.82) is 0 Å². The predicted octanol–water partition coefficient (Wildman–Crippen LogP) is 1.45. The maximum atomic E-state index is 10.7. The molecule has 1 aromatic carbocycles. The second-order valence-corrected chi connectivity index (χ2v) is 4.24. The monoisotopic (exact) mass is 290 g/mol. The predicted molar refractivity (Wildman–Crippen MR) is 74.1 cm³/mol. The maximum Gasteiger partial charge on any atom is 0.338 e. The third-order valence-electron chi connectivity index (χ3n) is 2.58. The first-order valence-corrected chi connectivity index (χ1v) is 6.10. The van der Waals surface area contributed by atoms with E-state index in [1.165, 1.54) is 12.3 Å². The lowest BCUT2D eigenvalue weighted by molar-refractivity contribution is -0.119. The van der Waals surface area contributed by atoms with Crippen LogP contribution in [0.2, 0.25) is 0 Å². The molecular weight excluding hydrogens is 276 g/mol. The number of aromatic carboxylic acids is 1. The molecule has 0 atom stereocenters. The van der Waals surface area contributed by atoms with Gasteiger partial charge in [-0.2, -0.15) is 0 Å². The minimum atomic E-state index is -1.04. The summed E-state index contributed by atoms with van der Waals surface area (Å²) in [5.41, 5.74) is 5.84. The normalized spacial score (nSPS) is 10.1. The molecular formula is C14H14N2O5. The quantitative estimate of drug-likeness (QED) is 0.711. The van der Waals surface area contributed by atoms with Crippen LogP contribution in [0.5, 0.6) is 5.75 Å². The second-order valence-electron chi connectivity index (χ2n) is 4.24. The SMILES string of the molecule is NC(=O)COc1cccc(NCc2cc(C(=O)O)co2)c1. The largest absolute Gasteiger partial charge is 0.484 e. The van der Waals surface area contributed by atoms with Gasteiger partial charge in [-0.1, -0.05) is 6.07 Å². The third-order valence-corrected chi connectivity index (χ3v) is 2.58. The number of hydrogen-bond donors (Lipinski definition) is 3. The molecule has 1 aromatic heterocycles. The average Bonchev–Trinajstić information content (AvgIpc) is 2.92. The van der Waals surface area contributed by atoms with Crippen molar-refractivity contribution in [2.45, 2.75) is 6.54 Å². The number of carbonyl (C=O) groups excluding carboxylic acids is 1. The summed E-state index contributed by atoms with van der Waals surface area (Å²) in [6.45, 7) is 0.135. The highest BCUT2D eigenvalue weighted by Gasteiger charge is 2.08. The fraction of sp³-hybridized carbons (Fsp3) is 0.143. The number of amides is 1. The van der Waals surface area contributed by atoms with Gasteiger partial charge in [0.1, 0.15) is 17.8 Å². The molecule has 0 aliphatic rings. The number of primary amides is 1. The van der Waals surface area contributed by atoms with Crippen molar-refractivity contribution in [2.24, 2.45) is 5.73 Å². The van der Waals surface area contributed by atoms with Crippen LogP contribution in [-0.4, -0.2) is 23.6 Å². The second kappa shape index (κ2) is 6.47. The molecule has 2 aromatic rings. The Morgan fingerprint density at radius 1 is 1.33 bits per heavy atom. The van der Waals surface area contributed by atoms with Crippen LogP contribution in [-0.2, 0) is 11.3 Å². The number of nitrogens with one attached hydrogen (secondary N) is 1. The number of furan rings is 1. The van der Waals surface area contributed by atoms with E-state index in [9.17, 15) is 9.59 Å². The summed E-state index contributed by atoms with van der Waals surface area (Å²) in [6, 6.07) is 8.40. The van der Waals surface area contributed by atoms with Crippen LogP contribution < -0.4 is 15.8 Å². The van der Waals surface area contributed by atoms with Crippen LogP contribution in [0.25, 0.3) is 0 Å². The summed E-state index contributed by atoms with van der Waals surface area (Å²) in [4.78, 5) is 21.4. The topological polar surface area (TPSA) is 115 Å². The number of hydrogen-bond acceptors (Lipinski definition) is 5. The number of carboxylic acids is 1. The summed E-state index contributed by atoms with van der Waals surface area (Å²) < 4.78 is 10.3. The first-order valence-electron chi connectivity index (χ1n) is 6.10. The first kappa shape index (κ1) is 14.4. The number of carbonyl (C=O) groups is 2. The minimum absolute atomic E-state index is 0.102. The highest BCUT2D eigenvalue weighted by Crippen LogP contribution is 2.18. The molecule has 0 aliphatic heterocycles. The van der Waals surface area contributed by atoms with E-state index < -0.39 is 11.9 Å². The van der Waals surface area contributed by atoms with E-state index in [2.05, 4.69) is 5.32 Å². The Hall–Kier alpha value is -2.96. The summed E-state index contributed by atoms with van der Waals surface area (Å²) in [7, 11) is 0. The zero-order chi connectivity index (χ0) is 15.2. The van der Waals surface area contributed by atoms with E-state index in [1.54, 1.807) is 24.3 Å². The highest BCUT2D eigenvalue weighted by atomic mass is 16.5. The first-order chi connectivity index (χ1) is 10.0. The summed E-state index contributed by atoms with van der Waals surface area (Å²) >= 11 is 0. The molecule has 0 aliphatic carbocycles. The number of benzene rings is 1. The zero-order valence-corrected chi connectivity index (χ0v) is 11.0. The summed E-state index contributed by atoms with van der Waals surface area (Å²) in [5, 5.41) is 11.8. The van der Waals surface area contributed by atoms with E-state index in [1.807, 2.05) is 0 Å². The molecule has 0 saturated carbocycles. The minimum Gasteiger partial charge on any atom is -0.484 e. The van der Waals surface area contributed by atoms with Gasteiger partial charge in [0, 0.05) is 11.8 Å². The number of carboxylic acid groups (broad SMARTS) is 1. The van der Waals surface area contributed by atoms with Gasteiger partial charge >= 0.3 is 5.97 Å². The number of anilines is 1. The van der Waals surface area contributed by atoms with E-state index in [0.717, 1.165) is 5.69 Å². The van der Waals surface area contributed by atoms with Crippen LogP contribution >= 0.6 is 0 Å². The third kappa shape index (κ3) is 4.27. The van der Waals surface area contributed by atoms with Crippen LogP contribution in [0.3, 0.4) is 0 Å². The van der Waals surface area contributed by atoms with Crippen molar-refractivity contribution in [3.8, 4) is 5.75 Å². The van der Waals surface area contributed by atoms with Gasteiger partial charge in [0.05, 0.1) is 12.1 Å². The van der Waals surface area contributed by atoms with Crippen molar-refractivity contribution >= 4 is 17.6 Å². The van der Waals surface area contributed by atoms with Gasteiger partial charge in [0.25, 0.3) is 5.91 Å². The van der Waals surface area contributed by atoms with Gasteiger partial charge in [-0.05, 0) is 18.2 Å². The molecule has 0 unspecified atom stereocenters. The zero-order valence-electron chi connectivity index (χ0n) is 11.0. The molecule has 0 fully saturated rings. The van der Waals surface area contributed by atoms with Crippen LogP contribution in [0.4, 0.5) is 5.69 Å². The Balaban J connectivity index is 1.94. The fourth-order valence-corrected chi connectivity index (χ4v) is 1.62. The van der Waals surface area contributed by atoms with Crippen molar-refractivity contribution in [2.75, 3.05) is 11.9 Å². The van der Waals surface area contributed by atoms with E-state index in [4.69, 9.17) is 20.0 Å². The molecule has 21 heavy (non-hydrogen) atoms. The van der Waals surface area contributed by atoms with Crippen molar-refractivity contribution in [3.63, 3.8) is 0 Å². The maximum absolute atomic E-state index is 10.7. The van der Waals surface area contributed by atoms with Gasteiger partial charge in [0.15, 0.2) is 6.61 Å². The van der Waals surface area contributed by atoms with Crippen molar-refractivity contribution < 1.29 is 23.8 Å². The van der Waals surface area contributed by atoms with Crippen LogP contribution in [0.15, 0.2) is 41.0 Å². The van der Waals surface area contributed by atoms with Crippen molar-refractivity contribution in [3.05, 3.63) is 47.9 Å². The number of rotatable bonds is 7. The number of nitrogens with two attached hydrogens (primary N) is 1. The standard InChI is InChI=1S/C14H14N2O5/c15-13(17)8-21-11-3-1-2-10(5-11)16-6-12-4-9(7-20-12)14(18)19/h1-5,7,16H,6,8H2,(H2,15,17)(H,18,19). The molecule has 110 valence electrons. The van der Waals surface area contributed by atoms with E-state index in [-0.39, 0.29) is 12.2 Å². The van der Waals surface area contributed by atoms with Crippen molar-refractivity contribution in [1.82, 2.24) is 0 Å². The Labute approximate surface area is 120 Å². The summed E-state index contributed by atoms with van der Waals surface area (Å²) in [5.74, 6) is -0.586. The molecule has 7 heteroatoms. The fourth-order valence-electron chi connectivity index (χ4n) is 1.62. The highest BCUT2D eigenvalue weighted by molar-refractivity contribution is 5.87. The lowest BCUT2D eigenvalue weighted by atomic mass is 10.3. The molecule has 1 heterocycles. The molecule has 4 N–H and O–H groups in total. The summed E-state index contributed by atoms with van der Waals surface area (Å²) in [6.07, 6.45) is 1.19. The molecule has 7 nitrogen and oxygen atoms in total. The van der Waals surface area contributed by atoms with E-state index in [0.29, 0.717) is 18.1 Å². The number of ether oxygens (including phenoxy) is 1. The van der Waals surface area contributed by atoms with Gasteiger partial charge in [0.2, 0.25) is 0 Å². The van der Waals surface area contributed by atoms with Crippen LogP contribution in [0.1, 0.15) is 16.1 Å². The molecule has 1 amide bonds.